The second-order valence-electron chi connectivity index (χ2n) is 5.59. The number of halogens is 2. The van der Waals surface area contributed by atoms with Gasteiger partial charge >= 0.3 is 12.6 Å². The molecule has 2 rings (SSSR count). The molecule has 1 amide bonds. The molecule has 0 atom stereocenters. The van der Waals surface area contributed by atoms with E-state index in [-0.39, 0.29) is 28.4 Å². The molecule has 0 heterocycles. The van der Waals surface area contributed by atoms with Gasteiger partial charge in [0.1, 0.15) is 5.69 Å². The van der Waals surface area contributed by atoms with Crippen LogP contribution >= 0.6 is 0 Å². The van der Waals surface area contributed by atoms with Gasteiger partial charge in [0, 0.05) is 6.07 Å². The highest BCUT2D eigenvalue weighted by molar-refractivity contribution is 5.97. The van der Waals surface area contributed by atoms with Crippen LogP contribution in [0.15, 0.2) is 36.4 Å². The first-order chi connectivity index (χ1) is 13.7. The fourth-order valence-electron chi connectivity index (χ4n) is 2.34. The van der Waals surface area contributed by atoms with Gasteiger partial charge in [-0.15, -0.1) is 0 Å². The Labute approximate surface area is 163 Å². The number of methoxy groups -OCH3 is 1. The molecule has 9 nitrogen and oxygen atoms in total. The number of nitrogens with one attached hydrogen (secondary N) is 1. The zero-order valence-corrected chi connectivity index (χ0v) is 15.3. The Hall–Kier alpha value is -3.76. The molecule has 0 spiro atoms. The van der Waals surface area contributed by atoms with Crippen LogP contribution in [-0.4, -0.2) is 37.1 Å². The van der Waals surface area contributed by atoms with Crippen LogP contribution < -0.4 is 14.8 Å². The molecule has 0 aliphatic heterocycles. The largest absolute Gasteiger partial charge is 0.493 e. The van der Waals surface area contributed by atoms with Crippen LogP contribution in [0, 0.1) is 17.0 Å². The van der Waals surface area contributed by atoms with Gasteiger partial charge in [0.05, 0.1) is 17.6 Å². The highest BCUT2D eigenvalue weighted by Gasteiger charge is 2.19. The van der Waals surface area contributed by atoms with Crippen molar-refractivity contribution in [3.63, 3.8) is 0 Å². The summed E-state index contributed by atoms with van der Waals surface area (Å²) in [7, 11) is 1.20. The number of esters is 1. The average Bonchev–Trinajstić information content (AvgIpc) is 2.67. The lowest BCUT2D eigenvalue weighted by Gasteiger charge is -2.12. The summed E-state index contributed by atoms with van der Waals surface area (Å²) >= 11 is 0. The van der Waals surface area contributed by atoms with Crippen molar-refractivity contribution >= 4 is 23.3 Å². The second-order valence-corrected chi connectivity index (χ2v) is 5.59. The SMILES string of the molecule is COc1cc(C(=O)OCC(=O)Nc2c(C)cccc2[N+](=O)[O-])ccc1OC(F)F. The van der Waals surface area contributed by atoms with E-state index in [0.29, 0.717) is 5.56 Å². The second kappa shape index (κ2) is 9.44. The number of hydrogen-bond donors (Lipinski definition) is 1. The molecular formula is C18H16F2N2O7. The third-order valence-electron chi connectivity index (χ3n) is 3.66. The van der Waals surface area contributed by atoms with E-state index in [9.17, 15) is 28.5 Å². The fraction of sp³-hybridized carbons (Fsp3) is 0.222. The van der Waals surface area contributed by atoms with Crippen LogP contribution in [0.5, 0.6) is 11.5 Å². The van der Waals surface area contributed by atoms with Crippen LogP contribution in [-0.2, 0) is 9.53 Å². The molecule has 0 aliphatic carbocycles. The third kappa shape index (κ3) is 5.61. The first-order valence-corrected chi connectivity index (χ1v) is 8.06. The zero-order valence-electron chi connectivity index (χ0n) is 15.3. The number of nitro groups is 1. The molecular weight excluding hydrogens is 394 g/mol. The Morgan fingerprint density at radius 2 is 1.93 bits per heavy atom. The van der Waals surface area contributed by atoms with Crippen LogP contribution in [0.3, 0.4) is 0 Å². The molecule has 2 aromatic rings. The van der Waals surface area contributed by atoms with Crippen LogP contribution in [0.1, 0.15) is 15.9 Å². The van der Waals surface area contributed by atoms with Crippen molar-refractivity contribution in [3.05, 3.63) is 57.6 Å². The summed E-state index contributed by atoms with van der Waals surface area (Å²) in [6.45, 7) is -2.22. The Bertz CT molecular complexity index is 934. The van der Waals surface area contributed by atoms with Gasteiger partial charge in [0.25, 0.3) is 11.6 Å². The van der Waals surface area contributed by atoms with Crippen molar-refractivity contribution in [1.29, 1.82) is 0 Å². The van der Waals surface area contributed by atoms with E-state index in [2.05, 4.69) is 10.1 Å². The van der Waals surface area contributed by atoms with Crippen molar-refractivity contribution < 1.29 is 37.5 Å². The molecule has 0 unspecified atom stereocenters. The Kier molecular flexibility index (Phi) is 7.01. The van der Waals surface area contributed by atoms with Gasteiger partial charge in [-0.3, -0.25) is 14.9 Å². The first kappa shape index (κ1) is 21.5. The first-order valence-electron chi connectivity index (χ1n) is 8.06. The minimum absolute atomic E-state index is 0.00582. The minimum atomic E-state index is -3.07. The summed E-state index contributed by atoms with van der Waals surface area (Å²) in [5.41, 5.74) is 0.0779. The number of nitro benzene ring substituents is 1. The summed E-state index contributed by atoms with van der Waals surface area (Å²) in [5.74, 6) is -2.12. The summed E-state index contributed by atoms with van der Waals surface area (Å²) < 4.78 is 38.7. The summed E-state index contributed by atoms with van der Waals surface area (Å²) in [5, 5.41) is 13.4. The average molecular weight is 410 g/mol. The van der Waals surface area contributed by atoms with E-state index >= 15 is 0 Å². The number of anilines is 1. The number of aryl methyl sites for hydroxylation is 1. The van der Waals surface area contributed by atoms with Crippen molar-refractivity contribution in [3.8, 4) is 11.5 Å². The molecule has 154 valence electrons. The lowest BCUT2D eigenvalue weighted by atomic mass is 10.1. The van der Waals surface area contributed by atoms with E-state index in [1.54, 1.807) is 13.0 Å². The number of ether oxygens (including phenoxy) is 3. The molecule has 0 radical (unpaired) electrons. The molecule has 0 saturated heterocycles. The van der Waals surface area contributed by atoms with Gasteiger partial charge in [-0.25, -0.2) is 4.79 Å². The van der Waals surface area contributed by atoms with Gasteiger partial charge < -0.3 is 19.5 Å². The normalized spacial score (nSPS) is 10.4. The van der Waals surface area contributed by atoms with E-state index in [4.69, 9.17) is 9.47 Å². The number of carbonyl (C=O) groups excluding carboxylic acids is 2. The summed E-state index contributed by atoms with van der Waals surface area (Å²) in [6.07, 6.45) is 0. The van der Waals surface area contributed by atoms with Gasteiger partial charge in [0.15, 0.2) is 18.1 Å². The smallest absolute Gasteiger partial charge is 0.387 e. The van der Waals surface area contributed by atoms with Crippen LogP contribution in [0.4, 0.5) is 20.2 Å². The Morgan fingerprint density at radius 3 is 2.55 bits per heavy atom. The van der Waals surface area contributed by atoms with Crippen LogP contribution in [0.25, 0.3) is 0 Å². The Balaban J connectivity index is 2.04. The van der Waals surface area contributed by atoms with E-state index in [1.165, 1.54) is 19.2 Å². The standard InChI is InChI=1S/C18H16F2N2O7/c1-10-4-3-5-12(22(25)26)16(10)21-15(23)9-28-17(24)11-6-7-13(29-18(19)20)14(8-11)27-2/h3-8,18H,9H2,1-2H3,(H,21,23). The Morgan fingerprint density at radius 1 is 1.21 bits per heavy atom. The predicted octanol–water partition coefficient (Wildman–Crippen LogP) is 3.31. The number of amides is 1. The lowest BCUT2D eigenvalue weighted by Crippen LogP contribution is -2.22. The maximum absolute atomic E-state index is 12.3. The zero-order chi connectivity index (χ0) is 21.6. The molecule has 2 aromatic carbocycles. The number of benzene rings is 2. The highest BCUT2D eigenvalue weighted by Crippen LogP contribution is 2.30. The molecule has 0 aromatic heterocycles. The maximum Gasteiger partial charge on any atom is 0.387 e. The van der Waals surface area contributed by atoms with E-state index in [0.717, 1.165) is 18.2 Å². The predicted molar refractivity (Wildman–Crippen MR) is 96.4 cm³/mol. The minimum Gasteiger partial charge on any atom is -0.493 e. The third-order valence-corrected chi connectivity index (χ3v) is 3.66. The fourth-order valence-corrected chi connectivity index (χ4v) is 2.34. The molecule has 0 fully saturated rings. The van der Waals surface area contributed by atoms with E-state index in [1.807, 2.05) is 0 Å². The van der Waals surface area contributed by atoms with Crippen molar-refractivity contribution in [1.82, 2.24) is 0 Å². The van der Waals surface area contributed by atoms with E-state index < -0.39 is 30.0 Å². The number of hydrogen-bond acceptors (Lipinski definition) is 7. The molecule has 11 heteroatoms. The highest BCUT2D eigenvalue weighted by atomic mass is 19.3. The van der Waals surface area contributed by atoms with Gasteiger partial charge in [-0.1, -0.05) is 12.1 Å². The summed E-state index contributed by atoms with van der Waals surface area (Å²) in [6, 6.07) is 7.64. The number of alkyl halides is 2. The lowest BCUT2D eigenvalue weighted by molar-refractivity contribution is -0.384. The quantitative estimate of drug-likeness (QED) is 0.403. The monoisotopic (exact) mass is 410 g/mol. The molecule has 0 saturated carbocycles. The molecule has 29 heavy (non-hydrogen) atoms. The number of para-hydroxylation sites is 1. The number of carbonyl (C=O) groups is 2. The van der Waals surface area contributed by atoms with Crippen LogP contribution in [0.2, 0.25) is 0 Å². The number of rotatable bonds is 8. The number of nitrogens with zero attached hydrogens (tertiary/aromatic N) is 1. The van der Waals surface area contributed by atoms with Gasteiger partial charge in [0.2, 0.25) is 0 Å². The molecule has 0 aliphatic rings. The van der Waals surface area contributed by atoms with Crippen molar-refractivity contribution in [2.24, 2.45) is 0 Å². The summed E-state index contributed by atoms with van der Waals surface area (Å²) in [4.78, 5) is 34.5. The van der Waals surface area contributed by atoms with Gasteiger partial charge in [-0.05, 0) is 30.7 Å². The van der Waals surface area contributed by atoms with Gasteiger partial charge in [-0.2, -0.15) is 8.78 Å². The maximum atomic E-state index is 12.3. The van der Waals surface area contributed by atoms with Crippen molar-refractivity contribution in [2.75, 3.05) is 19.0 Å². The molecule has 1 N–H and O–H groups in total. The van der Waals surface area contributed by atoms with Crippen molar-refractivity contribution in [2.45, 2.75) is 13.5 Å². The molecule has 0 bridgehead atoms. The topological polar surface area (TPSA) is 117 Å².